The van der Waals surface area contributed by atoms with E-state index in [4.69, 9.17) is 0 Å². The monoisotopic (exact) mass is 240 g/mol. The normalized spacial score (nSPS) is 11.1. The number of esters is 1. The zero-order chi connectivity index (χ0) is 12.6. The van der Waals surface area contributed by atoms with Crippen LogP contribution in [-0.4, -0.2) is 23.3 Å². The summed E-state index contributed by atoms with van der Waals surface area (Å²) in [6.07, 6.45) is -2.72. The average molecular weight is 240 g/mol. The molecule has 0 fully saturated rings. The molecule has 90 valence electrons. The van der Waals surface area contributed by atoms with E-state index in [0.717, 1.165) is 5.56 Å². The van der Waals surface area contributed by atoms with Crippen LogP contribution in [0.2, 0.25) is 0 Å². The number of hydrogen-bond donors (Lipinski definition) is 1. The van der Waals surface area contributed by atoms with Crippen LogP contribution in [-0.2, 0) is 4.74 Å². The summed E-state index contributed by atoms with van der Waals surface area (Å²) in [5.41, 5.74) is 0.831. The third-order valence-corrected chi connectivity index (χ3v) is 2.45. The lowest BCUT2D eigenvalue weighted by Crippen LogP contribution is -2.03. The maximum Gasteiger partial charge on any atom is 0.338 e. The molecule has 6 heteroatoms. The van der Waals surface area contributed by atoms with E-state index >= 15 is 0 Å². The molecule has 0 aliphatic rings. The van der Waals surface area contributed by atoms with E-state index in [9.17, 15) is 13.6 Å². The quantitative estimate of drug-likeness (QED) is 0.821. The molecule has 2 rings (SSSR count). The summed E-state index contributed by atoms with van der Waals surface area (Å²) in [5, 5.41) is 6.14. The maximum atomic E-state index is 12.8. The molecule has 0 saturated carbocycles. The molecule has 0 radical (unpaired) electrons. The van der Waals surface area contributed by atoms with Crippen molar-refractivity contribution in [2.24, 2.45) is 0 Å². The first-order valence-corrected chi connectivity index (χ1v) is 4.89. The molecule has 2 aromatic rings. The molecule has 4 nitrogen and oxygen atoms in total. The molecular formula is C11H10F2N2O2. The Kier molecular flexibility index (Phi) is 2.79. The van der Waals surface area contributed by atoms with Gasteiger partial charge in [-0.3, -0.25) is 5.10 Å². The predicted molar refractivity (Wildman–Crippen MR) is 57.1 cm³/mol. The molecule has 0 amide bonds. The highest BCUT2D eigenvalue weighted by Crippen LogP contribution is 2.29. The molecule has 17 heavy (non-hydrogen) atoms. The number of ether oxygens (including phenoxy) is 1. The number of halogens is 2. The van der Waals surface area contributed by atoms with Crippen LogP contribution in [0.5, 0.6) is 0 Å². The Hall–Kier alpha value is -1.98. The predicted octanol–water partition coefficient (Wildman–Crippen LogP) is 2.60. The van der Waals surface area contributed by atoms with Crippen LogP contribution in [0.15, 0.2) is 12.1 Å². The van der Waals surface area contributed by atoms with Crippen LogP contribution >= 0.6 is 0 Å². The number of aromatic nitrogens is 2. The van der Waals surface area contributed by atoms with Crippen LogP contribution in [0.1, 0.15) is 28.0 Å². The third-order valence-electron chi connectivity index (χ3n) is 2.45. The number of alkyl halides is 2. The molecule has 1 N–H and O–H groups in total. The van der Waals surface area contributed by atoms with E-state index in [0.29, 0.717) is 5.52 Å². The van der Waals surface area contributed by atoms with Crippen molar-refractivity contribution in [3.05, 3.63) is 29.0 Å². The van der Waals surface area contributed by atoms with Gasteiger partial charge in [0.05, 0.1) is 18.2 Å². The number of hydrogen-bond acceptors (Lipinski definition) is 3. The van der Waals surface area contributed by atoms with Gasteiger partial charge in [0.1, 0.15) is 5.69 Å². The number of nitrogens with zero attached hydrogens (tertiary/aromatic N) is 1. The third kappa shape index (κ3) is 1.86. The molecule has 0 atom stereocenters. The highest BCUT2D eigenvalue weighted by molar-refractivity contribution is 6.05. The summed E-state index contributed by atoms with van der Waals surface area (Å²) in [6.45, 7) is 1.75. The number of H-pyrrole nitrogens is 1. The van der Waals surface area contributed by atoms with Gasteiger partial charge in [-0.2, -0.15) is 5.10 Å². The minimum absolute atomic E-state index is 0.103. The van der Waals surface area contributed by atoms with Gasteiger partial charge in [-0.05, 0) is 24.6 Å². The van der Waals surface area contributed by atoms with E-state index in [-0.39, 0.29) is 16.6 Å². The number of carbonyl (C=O) groups is 1. The van der Waals surface area contributed by atoms with Gasteiger partial charge in [-0.1, -0.05) is 0 Å². The number of fused-ring (bicyclic) bond motifs is 1. The van der Waals surface area contributed by atoms with Crippen molar-refractivity contribution >= 4 is 16.9 Å². The zero-order valence-corrected chi connectivity index (χ0v) is 9.25. The minimum atomic E-state index is -2.72. The van der Waals surface area contributed by atoms with E-state index in [1.165, 1.54) is 13.2 Å². The summed E-state index contributed by atoms with van der Waals surface area (Å²) in [6, 6.07) is 3.14. The van der Waals surface area contributed by atoms with Crippen molar-refractivity contribution in [1.29, 1.82) is 0 Å². The fourth-order valence-corrected chi connectivity index (χ4v) is 1.74. The maximum absolute atomic E-state index is 12.8. The lowest BCUT2D eigenvalue weighted by Gasteiger charge is -2.04. The first kappa shape index (κ1) is 11.5. The van der Waals surface area contributed by atoms with Crippen molar-refractivity contribution in [3.8, 4) is 0 Å². The molecule has 0 spiro atoms. The lowest BCUT2D eigenvalue weighted by atomic mass is 10.0. The minimum Gasteiger partial charge on any atom is -0.465 e. The fourth-order valence-electron chi connectivity index (χ4n) is 1.74. The van der Waals surface area contributed by atoms with E-state index in [1.807, 2.05) is 0 Å². The Labute approximate surface area is 95.6 Å². The second-order valence-corrected chi connectivity index (χ2v) is 3.64. The highest BCUT2D eigenvalue weighted by atomic mass is 19.3. The Morgan fingerprint density at radius 1 is 1.47 bits per heavy atom. The van der Waals surface area contributed by atoms with Crippen molar-refractivity contribution < 1.29 is 18.3 Å². The van der Waals surface area contributed by atoms with Crippen LogP contribution in [0.4, 0.5) is 8.78 Å². The van der Waals surface area contributed by atoms with Gasteiger partial charge in [0.25, 0.3) is 6.43 Å². The molecule has 1 aromatic heterocycles. The summed E-state index contributed by atoms with van der Waals surface area (Å²) in [7, 11) is 1.21. The molecule has 0 unspecified atom stereocenters. The second-order valence-electron chi connectivity index (χ2n) is 3.64. The fraction of sp³-hybridized carbons (Fsp3) is 0.273. The van der Waals surface area contributed by atoms with Crippen molar-refractivity contribution in [2.75, 3.05) is 7.11 Å². The zero-order valence-electron chi connectivity index (χ0n) is 9.25. The molecule has 0 aliphatic carbocycles. The number of benzene rings is 1. The molecule has 0 saturated heterocycles. The van der Waals surface area contributed by atoms with Gasteiger partial charge in [-0.25, -0.2) is 13.6 Å². The summed E-state index contributed by atoms with van der Waals surface area (Å²) >= 11 is 0. The Morgan fingerprint density at radius 2 is 2.18 bits per heavy atom. The lowest BCUT2D eigenvalue weighted by molar-refractivity contribution is 0.0602. The van der Waals surface area contributed by atoms with Gasteiger partial charge in [0.15, 0.2) is 0 Å². The standard InChI is InChI=1S/C11H10F2N2O2/c1-5-3-6(11(16)17-2)8-7(4-5)14-15-9(8)10(12)13/h3-4,10H,1-2H3,(H,14,15). The summed E-state index contributed by atoms with van der Waals surface area (Å²) in [5.74, 6) is -0.651. The molecular weight excluding hydrogens is 230 g/mol. The van der Waals surface area contributed by atoms with Crippen LogP contribution in [0.3, 0.4) is 0 Å². The Bertz CT molecular complexity index is 578. The number of methoxy groups -OCH3 is 1. The van der Waals surface area contributed by atoms with Crippen LogP contribution in [0, 0.1) is 6.92 Å². The number of rotatable bonds is 2. The van der Waals surface area contributed by atoms with E-state index in [1.54, 1.807) is 13.0 Å². The summed E-state index contributed by atoms with van der Waals surface area (Å²) in [4.78, 5) is 11.5. The molecule has 1 aromatic carbocycles. The number of aromatic amines is 1. The van der Waals surface area contributed by atoms with Gasteiger partial charge < -0.3 is 4.74 Å². The Balaban J connectivity index is 2.78. The second kappa shape index (κ2) is 4.12. The van der Waals surface area contributed by atoms with E-state index in [2.05, 4.69) is 14.9 Å². The largest absolute Gasteiger partial charge is 0.465 e. The van der Waals surface area contributed by atoms with Gasteiger partial charge in [0.2, 0.25) is 0 Å². The first-order chi connectivity index (χ1) is 8.04. The van der Waals surface area contributed by atoms with Crippen molar-refractivity contribution in [3.63, 3.8) is 0 Å². The average Bonchev–Trinajstić information content (AvgIpc) is 2.70. The van der Waals surface area contributed by atoms with Crippen molar-refractivity contribution in [2.45, 2.75) is 13.3 Å². The van der Waals surface area contributed by atoms with Gasteiger partial charge in [-0.15, -0.1) is 0 Å². The van der Waals surface area contributed by atoms with Crippen molar-refractivity contribution in [1.82, 2.24) is 10.2 Å². The van der Waals surface area contributed by atoms with Crippen LogP contribution in [0.25, 0.3) is 10.9 Å². The van der Waals surface area contributed by atoms with Gasteiger partial charge >= 0.3 is 5.97 Å². The number of nitrogens with one attached hydrogen (secondary N) is 1. The van der Waals surface area contributed by atoms with E-state index < -0.39 is 12.4 Å². The molecule has 0 aliphatic heterocycles. The summed E-state index contributed by atoms with van der Waals surface area (Å²) < 4.78 is 30.1. The SMILES string of the molecule is COC(=O)c1cc(C)cc2n[nH]c(C(F)F)c12. The number of aryl methyl sites for hydroxylation is 1. The van der Waals surface area contributed by atoms with Gasteiger partial charge in [0, 0.05) is 5.39 Å². The number of carbonyl (C=O) groups excluding carboxylic acids is 1. The Morgan fingerprint density at radius 3 is 2.76 bits per heavy atom. The molecule has 1 heterocycles. The first-order valence-electron chi connectivity index (χ1n) is 4.89. The van der Waals surface area contributed by atoms with Crippen LogP contribution < -0.4 is 0 Å². The highest BCUT2D eigenvalue weighted by Gasteiger charge is 2.21. The smallest absolute Gasteiger partial charge is 0.338 e. The topological polar surface area (TPSA) is 55.0 Å². The molecule has 0 bridgehead atoms.